The van der Waals surface area contributed by atoms with Crippen molar-refractivity contribution in [2.75, 3.05) is 6.61 Å². The van der Waals surface area contributed by atoms with Crippen molar-refractivity contribution < 1.29 is 55.1 Å². The molecule has 32 heavy (non-hydrogen) atoms. The molecule has 1 fully saturated rings. The molecule has 1 saturated heterocycles. The molecule has 172 valence electrons. The van der Waals surface area contributed by atoms with Gasteiger partial charge in [0.25, 0.3) is 11.9 Å². The van der Waals surface area contributed by atoms with Crippen LogP contribution in [0.4, 0.5) is 0 Å². The topological polar surface area (TPSA) is 193 Å². The molecule has 0 radical (unpaired) electrons. The maximum absolute atomic E-state index is 10.3. The molecule has 11 heteroatoms. The van der Waals surface area contributed by atoms with Crippen molar-refractivity contribution in [3.8, 4) is 28.7 Å². The third-order valence-corrected chi connectivity index (χ3v) is 5.36. The molecular formula is C21H23O11+. The van der Waals surface area contributed by atoms with Crippen LogP contribution in [0.1, 0.15) is 17.2 Å². The van der Waals surface area contributed by atoms with Gasteiger partial charge in [-0.2, -0.15) is 0 Å². The molecule has 0 aromatic heterocycles. The summed E-state index contributed by atoms with van der Waals surface area (Å²) in [6, 6.07) is 6.34. The normalized spacial score (nSPS) is 29.6. The van der Waals surface area contributed by atoms with Gasteiger partial charge in [-0.3, -0.25) is 0 Å². The Labute approximate surface area is 181 Å². The maximum atomic E-state index is 10.3. The Morgan fingerprint density at radius 2 is 1.62 bits per heavy atom. The van der Waals surface area contributed by atoms with Crippen LogP contribution in [-0.2, 0) is 9.47 Å². The highest BCUT2D eigenvalue weighted by Gasteiger charge is 2.46. The van der Waals surface area contributed by atoms with Crippen molar-refractivity contribution in [1.82, 2.24) is 0 Å². The number of benzene rings is 2. The lowest BCUT2D eigenvalue weighted by Crippen LogP contribution is -2.59. The number of phenolic OH excluding ortho intramolecular Hbond substituents is 4. The van der Waals surface area contributed by atoms with E-state index in [-0.39, 0.29) is 34.3 Å². The summed E-state index contributed by atoms with van der Waals surface area (Å²) < 4.78 is 15.6. The van der Waals surface area contributed by atoms with Gasteiger partial charge in [-0.1, -0.05) is 0 Å². The summed E-state index contributed by atoms with van der Waals surface area (Å²) in [5, 5.41) is 79.3. The number of hydrogen-bond donors (Lipinski definition) is 8. The van der Waals surface area contributed by atoms with E-state index >= 15 is 0 Å². The fraction of sp³-hybridized carbons (Fsp3) is 0.333. The van der Waals surface area contributed by atoms with Gasteiger partial charge in [0.2, 0.25) is 6.29 Å². The third kappa shape index (κ3) is 3.87. The molecule has 2 aliphatic rings. The number of rotatable bonds is 4. The molecule has 0 aliphatic carbocycles. The highest BCUT2D eigenvalue weighted by atomic mass is 16.7. The molecular weight excluding hydrogens is 428 g/mol. The van der Waals surface area contributed by atoms with Crippen LogP contribution in [0.2, 0.25) is 0 Å². The minimum absolute atomic E-state index is 0.0212. The molecule has 0 amide bonds. The fourth-order valence-electron chi connectivity index (χ4n) is 3.63. The van der Waals surface area contributed by atoms with Crippen molar-refractivity contribution in [2.45, 2.75) is 36.8 Å². The minimum Gasteiger partial charge on any atom is -0.571 e. The summed E-state index contributed by atoms with van der Waals surface area (Å²) in [4.78, 5) is 0. The molecule has 11 nitrogen and oxygen atoms in total. The van der Waals surface area contributed by atoms with E-state index in [1.165, 1.54) is 30.3 Å². The second-order valence-corrected chi connectivity index (χ2v) is 7.54. The van der Waals surface area contributed by atoms with E-state index < -0.39 is 49.2 Å². The minimum atomic E-state index is -1.68. The summed E-state index contributed by atoms with van der Waals surface area (Å²) >= 11 is 0. The largest absolute Gasteiger partial charge is 0.571 e. The molecule has 0 bridgehead atoms. The molecule has 4 rings (SSSR count). The predicted octanol–water partition coefficient (Wildman–Crippen LogP) is -0.337. The van der Waals surface area contributed by atoms with Gasteiger partial charge in [0.05, 0.1) is 18.2 Å². The number of aliphatic hydroxyl groups excluding tert-OH is 4. The van der Waals surface area contributed by atoms with Crippen LogP contribution in [0.3, 0.4) is 0 Å². The predicted molar refractivity (Wildman–Crippen MR) is 107 cm³/mol. The van der Waals surface area contributed by atoms with Crippen molar-refractivity contribution >= 4 is 6.08 Å². The average molecular weight is 451 g/mol. The van der Waals surface area contributed by atoms with E-state index in [1.54, 1.807) is 0 Å². The number of ether oxygens (including phenoxy) is 3. The molecule has 2 heterocycles. The van der Waals surface area contributed by atoms with Gasteiger partial charge >= 0.3 is 0 Å². The highest BCUT2D eigenvalue weighted by Crippen LogP contribution is 2.46. The highest BCUT2D eigenvalue weighted by molar-refractivity contribution is 5.69. The smallest absolute Gasteiger partial charge is 0.270 e. The number of phenols is 4. The van der Waals surface area contributed by atoms with Crippen LogP contribution in [0.15, 0.2) is 36.1 Å². The monoisotopic (exact) mass is 451 g/mol. The summed E-state index contributed by atoms with van der Waals surface area (Å²) in [5.41, 5.74) is 0.547. The zero-order valence-electron chi connectivity index (χ0n) is 16.5. The molecule has 9 N–H and O–H groups in total. The average Bonchev–Trinajstić information content (AvgIpc) is 2.76. The lowest BCUT2D eigenvalue weighted by molar-refractivity contribution is -0.295. The number of aromatic hydroxyl groups is 5. The summed E-state index contributed by atoms with van der Waals surface area (Å²) in [7, 11) is 0. The molecule has 2 aromatic carbocycles. The first kappa shape index (κ1) is 22.0. The van der Waals surface area contributed by atoms with Crippen molar-refractivity contribution in [1.29, 1.82) is 0 Å². The molecule has 2 aromatic rings. The lowest BCUT2D eigenvalue weighted by Gasteiger charge is -2.40. The Morgan fingerprint density at radius 3 is 2.31 bits per heavy atom. The van der Waals surface area contributed by atoms with Gasteiger partial charge in [-0.15, -0.1) is 0 Å². The fourth-order valence-corrected chi connectivity index (χ4v) is 3.63. The first-order valence-corrected chi connectivity index (χ1v) is 9.67. The van der Waals surface area contributed by atoms with Crippen LogP contribution in [0.5, 0.6) is 28.7 Å². The zero-order chi connectivity index (χ0) is 23.2. The second-order valence-electron chi connectivity index (χ2n) is 7.54. The molecule has 6 unspecified atom stereocenters. The molecule has 0 saturated carbocycles. The van der Waals surface area contributed by atoms with E-state index in [1.807, 2.05) is 0 Å². The summed E-state index contributed by atoms with van der Waals surface area (Å²) in [6.07, 6.45) is -7.22. The van der Waals surface area contributed by atoms with Crippen molar-refractivity contribution in [2.24, 2.45) is 0 Å². The Bertz CT molecular complexity index is 1030. The summed E-state index contributed by atoms with van der Waals surface area (Å²) in [5.74, 6) is -1.08. The van der Waals surface area contributed by atoms with E-state index in [0.717, 1.165) is 6.07 Å². The van der Waals surface area contributed by atoms with Gasteiger partial charge in [-0.05, 0) is 18.2 Å². The van der Waals surface area contributed by atoms with Crippen LogP contribution in [0, 0.1) is 0 Å². The third-order valence-electron chi connectivity index (χ3n) is 5.36. The van der Waals surface area contributed by atoms with Crippen LogP contribution in [-0.4, -0.2) is 82.9 Å². The van der Waals surface area contributed by atoms with Gasteiger partial charge in [0, 0.05) is 12.1 Å². The quantitative estimate of drug-likeness (QED) is 0.225. The second kappa shape index (κ2) is 8.37. The van der Waals surface area contributed by atoms with Crippen molar-refractivity contribution in [3.63, 3.8) is 0 Å². The number of aliphatic hydroxyl groups is 5. The lowest BCUT2D eigenvalue weighted by atomic mass is 9.98. The van der Waals surface area contributed by atoms with Crippen LogP contribution >= 0.6 is 0 Å². The SMILES string of the molecule is OCC1OC(OC2=Cc3c(O)cc(O)cc3[OH+]C2c2ccc(O)c(O)c2)C(O)C(O)C1O. The first-order chi connectivity index (χ1) is 15.2. The standard InChI is InChI=1S/C21H22O11/c22-7-16-17(27)18(28)19(29)21(32-16)31-15-6-10-12(25)4-9(23)5-14(10)30-20(15)8-1-2-11(24)13(26)3-8/h1-6,16-29H,7H2/p+1. The van der Waals surface area contributed by atoms with Gasteiger partial charge in [-0.25, -0.2) is 0 Å². The van der Waals surface area contributed by atoms with E-state index in [0.29, 0.717) is 5.56 Å². The van der Waals surface area contributed by atoms with Crippen LogP contribution < -0.4 is 0 Å². The summed E-state index contributed by atoms with van der Waals surface area (Å²) in [6.45, 7) is -0.646. The number of fused-ring (bicyclic) bond motifs is 1. The Morgan fingerprint density at radius 1 is 0.875 bits per heavy atom. The van der Waals surface area contributed by atoms with Crippen LogP contribution in [0.25, 0.3) is 6.08 Å². The molecule has 6 atom stereocenters. The molecule has 2 aliphatic heterocycles. The van der Waals surface area contributed by atoms with E-state index in [9.17, 15) is 40.9 Å². The Balaban J connectivity index is 1.74. The Hall–Kier alpha value is -3.22. The first-order valence-electron chi connectivity index (χ1n) is 9.67. The van der Waals surface area contributed by atoms with Gasteiger partial charge in [0.1, 0.15) is 41.5 Å². The zero-order valence-corrected chi connectivity index (χ0v) is 16.5. The Kier molecular flexibility index (Phi) is 5.75. The van der Waals surface area contributed by atoms with E-state index in [4.69, 9.17) is 9.47 Å². The van der Waals surface area contributed by atoms with Crippen molar-refractivity contribution in [3.05, 3.63) is 47.2 Å². The van der Waals surface area contributed by atoms with Gasteiger partial charge in [0.15, 0.2) is 17.3 Å². The van der Waals surface area contributed by atoms with E-state index in [2.05, 4.69) is 4.74 Å². The maximum Gasteiger partial charge on any atom is 0.270 e. The molecule has 0 spiro atoms. The van der Waals surface area contributed by atoms with Gasteiger partial charge < -0.3 is 55.1 Å². The number of hydrogen-bond acceptors (Lipinski definition) is 10.